The summed E-state index contributed by atoms with van der Waals surface area (Å²) in [4.78, 5) is 23.9. The van der Waals surface area contributed by atoms with Gasteiger partial charge in [-0.3, -0.25) is 14.5 Å². The van der Waals surface area contributed by atoms with Gasteiger partial charge in [-0.2, -0.15) is 0 Å². The van der Waals surface area contributed by atoms with Crippen molar-refractivity contribution in [3.63, 3.8) is 0 Å². The van der Waals surface area contributed by atoms with Crippen LogP contribution < -0.4 is 5.32 Å². The number of terminal acetylenes is 1. The molecule has 5 nitrogen and oxygen atoms in total. The van der Waals surface area contributed by atoms with Crippen molar-refractivity contribution in [2.45, 2.75) is 19.3 Å². The number of carboxylic acid groups (broad SMARTS) is 1. The van der Waals surface area contributed by atoms with E-state index in [4.69, 9.17) is 11.5 Å². The summed E-state index contributed by atoms with van der Waals surface area (Å²) in [5.41, 5.74) is 0. The Labute approximate surface area is 101 Å². The fourth-order valence-electron chi connectivity index (χ4n) is 2.03. The van der Waals surface area contributed by atoms with Gasteiger partial charge in [0.05, 0.1) is 13.1 Å². The molecule has 1 aliphatic heterocycles. The highest BCUT2D eigenvalue weighted by atomic mass is 16.4. The molecule has 1 heterocycles. The Kier molecular flexibility index (Phi) is 5.50. The van der Waals surface area contributed by atoms with Gasteiger partial charge in [0.15, 0.2) is 0 Å². The van der Waals surface area contributed by atoms with Crippen molar-refractivity contribution in [1.82, 2.24) is 10.2 Å². The number of carbonyl (C=O) groups is 2. The quantitative estimate of drug-likeness (QED) is 0.635. The Morgan fingerprint density at radius 1 is 1.53 bits per heavy atom. The summed E-state index contributed by atoms with van der Waals surface area (Å²) in [6, 6.07) is 0. The first-order valence-corrected chi connectivity index (χ1v) is 5.76. The molecule has 0 aromatic carbocycles. The van der Waals surface area contributed by atoms with Crippen LogP contribution >= 0.6 is 0 Å². The fourth-order valence-corrected chi connectivity index (χ4v) is 2.03. The molecule has 1 saturated heterocycles. The highest BCUT2D eigenvalue weighted by molar-refractivity contribution is 5.78. The fraction of sp³-hybridized carbons (Fsp3) is 0.667. The number of hydrogen-bond donors (Lipinski definition) is 2. The van der Waals surface area contributed by atoms with Crippen LogP contribution in [-0.4, -0.2) is 48.1 Å². The van der Waals surface area contributed by atoms with Crippen molar-refractivity contribution >= 4 is 11.9 Å². The minimum Gasteiger partial charge on any atom is -0.481 e. The predicted molar refractivity (Wildman–Crippen MR) is 63.3 cm³/mol. The van der Waals surface area contributed by atoms with Crippen LogP contribution in [0.1, 0.15) is 19.3 Å². The van der Waals surface area contributed by atoms with Gasteiger partial charge in [-0.05, 0) is 25.3 Å². The normalized spacial score (nSPS) is 19.8. The summed E-state index contributed by atoms with van der Waals surface area (Å²) in [6.45, 7) is 2.27. The average Bonchev–Trinajstić information content (AvgIpc) is 2.71. The lowest BCUT2D eigenvalue weighted by Gasteiger charge is -2.14. The van der Waals surface area contributed by atoms with E-state index in [0.29, 0.717) is 18.9 Å². The van der Waals surface area contributed by atoms with Crippen LogP contribution in [0.3, 0.4) is 0 Å². The summed E-state index contributed by atoms with van der Waals surface area (Å²) in [5, 5.41) is 11.2. The second-order valence-electron chi connectivity index (χ2n) is 4.30. The number of likely N-dealkylation sites (tertiary alicyclic amines) is 1. The van der Waals surface area contributed by atoms with Crippen molar-refractivity contribution < 1.29 is 14.7 Å². The predicted octanol–water partition coefficient (Wildman–Crippen LogP) is -0.0775. The molecule has 1 rings (SSSR count). The minimum absolute atomic E-state index is 0.0677. The second kappa shape index (κ2) is 6.92. The molecule has 2 N–H and O–H groups in total. The summed E-state index contributed by atoms with van der Waals surface area (Å²) >= 11 is 0. The van der Waals surface area contributed by atoms with E-state index in [0.717, 1.165) is 19.5 Å². The van der Waals surface area contributed by atoms with Gasteiger partial charge < -0.3 is 10.4 Å². The zero-order valence-corrected chi connectivity index (χ0v) is 9.82. The smallest absolute Gasteiger partial charge is 0.303 e. The van der Waals surface area contributed by atoms with Crippen molar-refractivity contribution in [1.29, 1.82) is 0 Å². The van der Waals surface area contributed by atoms with E-state index in [1.165, 1.54) is 0 Å². The molecular formula is C12H18N2O3. The van der Waals surface area contributed by atoms with Crippen molar-refractivity contribution in [2.24, 2.45) is 5.92 Å². The zero-order chi connectivity index (χ0) is 12.7. The minimum atomic E-state index is -0.754. The highest BCUT2D eigenvalue weighted by Gasteiger charge is 2.24. The first kappa shape index (κ1) is 13.5. The molecule has 94 valence electrons. The van der Waals surface area contributed by atoms with Crippen molar-refractivity contribution in [2.75, 3.05) is 26.2 Å². The third-order valence-electron chi connectivity index (χ3n) is 2.89. The molecule has 1 aliphatic rings. The zero-order valence-electron chi connectivity index (χ0n) is 9.82. The van der Waals surface area contributed by atoms with Crippen LogP contribution in [0.4, 0.5) is 0 Å². The first-order chi connectivity index (χ1) is 8.11. The maximum Gasteiger partial charge on any atom is 0.303 e. The Bertz CT molecular complexity index is 322. The summed E-state index contributed by atoms with van der Waals surface area (Å²) in [5.74, 6) is 1.92. The molecule has 0 aliphatic carbocycles. The van der Waals surface area contributed by atoms with Crippen LogP contribution in [0.15, 0.2) is 0 Å². The molecule has 1 fully saturated rings. The second-order valence-corrected chi connectivity index (χ2v) is 4.30. The Morgan fingerprint density at radius 2 is 2.29 bits per heavy atom. The number of hydrogen-bond acceptors (Lipinski definition) is 3. The third-order valence-corrected chi connectivity index (χ3v) is 2.89. The largest absolute Gasteiger partial charge is 0.481 e. The Morgan fingerprint density at radius 3 is 2.94 bits per heavy atom. The van der Waals surface area contributed by atoms with Gasteiger partial charge in [-0.25, -0.2) is 0 Å². The Balaban J connectivity index is 2.19. The molecule has 17 heavy (non-hydrogen) atoms. The number of nitrogens with one attached hydrogen (secondary N) is 1. The summed E-state index contributed by atoms with van der Waals surface area (Å²) < 4.78 is 0. The summed E-state index contributed by atoms with van der Waals surface area (Å²) in [7, 11) is 0. The van der Waals surface area contributed by atoms with Crippen LogP contribution in [-0.2, 0) is 9.59 Å². The monoisotopic (exact) mass is 238 g/mol. The lowest BCUT2D eigenvalue weighted by molar-refractivity contribution is -0.137. The molecule has 0 bridgehead atoms. The number of rotatable bonds is 6. The van der Waals surface area contributed by atoms with E-state index < -0.39 is 5.97 Å². The number of carbonyl (C=O) groups excluding carboxylic acids is 1. The first-order valence-electron chi connectivity index (χ1n) is 5.76. The molecule has 5 heteroatoms. The van der Waals surface area contributed by atoms with E-state index >= 15 is 0 Å². The van der Waals surface area contributed by atoms with Gasteiger partial charge in [-0.15, -0.1) is 6.42 Å². The number of amides is 1. The van der Waals surface area contributed by atoms with Crippen molar-refractivity contribution in [3.05, 3.63) is 0 Å². The molecule has 1 atom stereocenters. The van der Waals surface area contributed by atoms with Gasteiger partial charge in [0, 0.05) is 13.0 Å². The van der Waals surface area contributed by atoms with E-state index in [1.54, 1.807) is 0 Å². The molecule has 0 saturated carbocycles. The van der Waals surface area contributed by atoms with Crippen LogP contribution in [0.25, 0.3) is 0 Å². The maximum absolute atomic E-state index is 11.4. The van der Waals surface area contributed by atoms with E-state index in [-0.39, 0.29) is 18.9 Å². The topological polar surface area (TPSA) is 69.6 Å². The molecule has 0 spiro atoms. The SMILES string of the molecule is C#CCNC(=O)CN1CCC(CCC(=O)O)C1. The number of carboxylic acids is 1. The van der Waals surface area contributed by atoms with Gasteiger partial charge in [0.1, 0.15) is 0 Å². The summed E-state index contributed by atoms with van der Waals surface area (Å²) in [6.07, 6.45) is 6.91. The van der Waals surface area contributed by atoms with Gasteiger partial charge in [-0.1, -0.05) is 5.92 Å². The van der Waals surface area contributed by atoms with Gasteiger partial charge >= 0.3 is 5.97 Å². The molecule has 0 radical (unpaired) electrons. The number of aliphatic carboxylic acids is 1. The van der Waals surface area contributed by atoms with E-state index in [9.17, 15) is 9.59 Å². The molecule has 0 aromatic heterocycles. The molecular weight excluding hydrogens is 220 g/mol. The van der Waals surface area contributed by atoms with Crippen LogP contribution in [0.5, 0.6) is 0 Å². The lowest BCUT2D eigenvalue weighted by Crippen LogP contribution is -2.36. The molecule has 1 unspecified atom stereocenters. The van der Waals surface area contributed by atoms with Gasteiger partial charge in [0.2, 0.25) is 5.91 Å². The third kappa shape index (κ3) is 5.36. The van der Waals surface area contributed by atoms with E-state index in [1.807, 2.05) is 4.90 Å². The highest BCUT2D eigenvalue weighted by Crippen LogP contribution is 2.20. The average molecular weight is 238 g/mol. The van der Waals surface area contributed by atoms with Gasteiger partial charge in [0.25, 0.3) is 0 Å². The van der Waals surface area contributed by atoms with E-state index in [2.05, 4.69) is 11.2 Å². The molecule has 0 aromatic rings. The molecule has 1 amide bonds. The standard InChI is InChI=1S/C12H18N2O3/c1-2-6-13-11(15)9-14-7-5-10(8-14)3-4-12(16)17/h1,10H,3-9H2,(H,13,15)(H,16,17). The number of nitrogens with zero attached hydrogens (tertiary/aromatic N) is 1. The maximum atomic E-state index is 11.4. The Hall–Kier alpha value is -1.54. The van der Waals surface area contributed by atoms with Crippen LogP contribution in [0, 0.1) is 18.3 Å². The van der Waals surface area contributed by atoms with Crippen molar-refractivity contribution in [3.8, 4) is 12.3 Å². The van der Waals surface area contributed by atoms with Crippen LogP contribution in [0.2, 0.25) is 0 Å². The lowest BCUT2D eigenvalue weighted by atomic mass is 10.0.